The minimum Gasteiger partial charge on any atom is -0.358 e. The van der Waals surface area contributed by atoms with Crippen LogP contribution in [-0.4, -0.2) is 15.9 Å². The monoisotopic (exact) mass is 345 g/mol. The van der Waals surface area contributed by atoms with Crippen molar-refractivity contribution in [3.8, 4) is 0 Å². The molecule has 1 amide bonds. The van der Waals surface area contributed by atoms with E-state index in [2.05, 4.69) is 15.3 Å². The summed E-state index contributed by atoms with van der Waals surface area (Å²) in [5.74, 6) is -0.325. The Kier molecular flexibility index (Phi) is 4.66. The van der Waals surface area contributed by atoms with Gasteiger partial charge in [0.25, 0.3) is 0 Å². The van der Waals surface area contributed by atoms with Gasteiger partial charge < -0.3 is 10.3 Å². The first kappa shape index (κ1) is 16.6. The third kappa shape index (κ3) is 3.33. The van der Waals surface area contributed by atoms with Gasteiger partial charge in [0.1, 0.15) is 5.82 Å². The van der Waals surface area contributed by atoms with E-state index in [0.29, 0.717) is 19.4 Å². The molecule has 0 aliphatic heterocycles. The van der Waals surface area contributed by atoms with Gasteiger partial charge in [-0.25, -0.2) is 9.37 Å². The number of aromatic amines is 1. The summed E-state index contributed by atoms with van der Waals surface area (Å²) in [6.07, 6.45) is 1.09. The second-order valence-electron chi connectivity index (χ2n) is 6.00. The number of thiazole rings is 1. The Morgan fingerprint density at radius 2 is 2.12 bits per heavy atom. The average molecular weight is 345 g/mol. The first-order valence-corrected chi connectivity index (χ1v) is 8.76. The van der Waals surface area contributed by atoms with Gasteiger partial charge in [-0.15, -0.1) is 11.3 Å². The molecule has 2 heterocycles. The number of nitrogens with zero attached hydrogens (tertiary/aromatic N) is 1. The van der Waals surface area contributed by atoms with Crippen molar-refractivity contribution in [2.75, 3.05) is 0 Å². The third-order valence-electron chi connectivity index (χ3n) is 4.36. The molecule has 126 valence electrons. The van der Waals surface area contributed by atoms with Crippen LogP contribution in [-0.2, 0) is 17.8 Å². The standard InChI is InChI=1S/C18H20FN3OS/c1-10-11(2)22-18-13(6-14(19)7-15(10)18)8-20-17(23)5-4-16-12(3)21-9-24-16/h6-7,9,22H,4-5,8H2,1-3H3,(H,20,23). The molecule has 0 saturated carbocycles. The minimum absolute atomic E-state index is 0.0415. The number of aryl methyl sites for hydroxylation is 4. The zero-order chi connectivity index (χ0) is 17.3. The fourth-order valence-corrected chi connectivity index (χ4v) is 3.59. The third-order valence-corrected chi connectivity index (χ3v) is 5.36. The van der Waals surface area contributed by atoms with E-state index in [1.165, 1.54) is 12.1 Å². The minimum atomic E-state index is -0.283. The van der Waals surface area contributed by atoms with Crippen LogP contribution in [0.5, 0.6) is 0 Å². The highest BCUT2D eigenvalue weighted by Gasteiger charge is 2.12. The Morgan fingerprint density at radius 1 is 1.33 bits per heavy atom. The van der Waals surface area contributed by atoms with E-state index in [4.69, 9.17) is 0 Å². The zero-order valence-corrected chi connectivity index (χ0v) is 14.8. The lowest BCUT2D eigenvalue weighted by atomic mass is 10.1. The van der Waals surface area contributed by atoms with E-state index in [1.807, 2.05) is 20.8 Å². The molecule has 0 unspecified atom stereocenters. The predicted octanol–water partition coefficient (Wildman–Crippen LogP) is 3.94. The van der Waals surface area contributed by atoms with Gasteiger partial charge in [0.05, 0.1) is 16.7 Å². The molecule has 0 radical (unpaired) electrons. The summed E-state index contributed by atoms with van der Waals surface area (Å²) in [5, 5.41) is 3.76. The summed E-state index contributed by atoms with van der Waals surface area (Å²) < 4.78 is 13.9. The number of hydrogen-bond acceptors (Lipinski definition) is 3. The first-order valence-electron chi connectivity index (χ1n) is 7.88. The van der Waals surface area contributed by atoms with Crippen LogP contribution in [0.1, 0.15) is 33.8 Å². The summed E-state index contributed by atoms with van der Waals surface area (Å²) in [6, 6.07) is 3.01. The van der Waals surface area contributed by atoms with Crippen molar-refractivity contribution in [2.24, 2.45) is 0 Å². The van der Waals surface area contributed by atoms with E-state index in [1.54, 1.807) is 16.8 Å². The lowest BCUT2D eigenvalue weighted by Gasteiger charge is -2.07. The predicted molar refractivity (Wildman–Crippen MR) is 94.7 cm³/mol. The highest BCUT2D eigenvalue weighted by atomic mass is 32.1. The van der Waals surface area contributed by atoms with Crippen LogP contribution in [0.3, 0.4) is 0 Å². The molecule has 0 fully saturated rings. The van der Waals surface area contributed by atoms with Crippen molar-refractivity contribution in [3.05, 3.63) is 50.9 Å². The smallest absolute Gasteiger partial charge is 0.220 e. The second-order valence-corrected chi connectivity index (χ2v) is 6.94. The highest BCUT2D eigenvalue weighted by Crippen LogP contribution is 2.25. The number of halogens is 1. The molecule has 3 aromatic rings. The molecule has 0 atom stereocenters. The quantitative estimate of drug-likeness (QED) is 0.736. The second kappa shape index (κ2) is 6.73. The Labute approximate surface area is 144 Å². The number of fused-ring (bicyclic) bond motifs is 1. The molecular weight excluding hydrogens is 325 g/mol. The first-order chi connectivity index (χ1) is 11.5. The van der Waals surface area contributed by atoms with Gasteiger partial charge in [0.15, 0.2) is 0 Å². The van der Waals surface area contributed by atoms with Gasteiger partial charge in [0, 0.05) is 28.9 Å². The van der Waals surface area contributed by atoms with E-state index in [9.17, 15) is 9.18 Å². The lowest BCUT2D eigenvalue weighted by Crippen LogP contribution is -2.23. The van der Waals surface area contributed by atoms with Gasteiger partial charge in [-0.2, -0.15) is 0 Å². The van der Waals surface area contributed by atoms with E-state index < -0.39 is 0 Å². The summed E-state index contributed by atoms with van der Waals surface area (Å²) >= 11 is 1.57. The highest BCUT2D eigenvalue weighted by molar-refractivity contribution is 7.09. The average Bonchev–Trinajstić information content (AvgIpc) is 3.08. The largest absolute Gasteiger partial charge is 0.358 e. The van der Waals surface area contributed by atoms with Crippen molar-refractivity contribution in [3.63, 3.8) is 0 Å². The van der Waals surface area contributed by atoms with Crippen molar-refractivity contribution >= 4 is 28.1 Å². The summed E-state index contributed by atoms with van der Waals surface area (Å²) in [7, 11) is 0. The summed E-state index contributed by atoms with van der Waals surface area (Å²) in [6.45, 7) is 6.19. The topological polar surface area (TPSA) is 57.8 Å². The normalized spacial score (nSPS) is 11.2. The molecule has 3 rings (SSSR count). The SMILES string of the molecule is Cc1ncsc1CCC(=O)NCc1cc(F)cc2c(C)c(C)[nH]c12. The molecule has 0 aliphatic carbocycles. The van der Waals surface area contributed by atoms with Gasteiger partial charge in [-0.1, -0.05) is 0 Å². The van der Waals surface area contributed by atoms with Crippen LogP contribution in [0, 0.1) is 26.6 Å². The fraction of sp³-hybridized carbons (Fsp3) is 0.333. The van der Waals surface area contributed by atoms with Crippen molar-refractivity contribution in [1.29, 1.82) is 0 Å². The Morgan fingerprint density at radius 3 is 2.83 bits per heavy atom. The molecule has 2 N–H and O–H groups in total. The maximum atomic E-state index is 13.9. The van der Waals surface area contributed by atoms with Gasteiger partial charge in [0.2, 0.25) is 5.91 Å². The number of carbonyl (C=O) groups excluding carboxylic acids is 1. The van der Waals surface area contributed by atoms with Crippen molar-refractivity contribution < 1.29 is 9.18 Å². The molecule has 0 spiro atoms. The van der Waals surface area contributed by atoms with Crippen LogP contribution in [0.2, 0.25) is 0 Å². The van der Waals surface area contributed by atoms with Gasteiger partial charge >= 0.3 is 0 Å². The number of benzene rings is 1. The van der Waals surface area contributed by atoms with Crippen molar-refractivity contribution in [2.45, 2.75) is 40.2 Å². The number of aromatic nitrogens is 2. The van der Waals surface area contributed by atoms with Crippen LogP contribution in [0.4, 0.5) is 4.39 Å². The fourth-order valence-electron chi connectivity index (χ4n) is 2.80. The van der Waals surface area contributed by atoms with E-state index in [0.717, 1.165) is 38.3 Å². The van der Waals surface area contributed by atoms with E-state index in [-0.39, 0.29) is 11.7 Å². The Balaban J connectivity index is 1.68. The van der Waals surface area contributed by atoms with E-state index >= 15 is 0 Å². The van der Waals surface area contributed by atoms with Crippen LogP contribution < -0.4 is 5.32 Å². The van der Waals surface area contributed by atoms with Gasteiger partial charge in [-0.05, 0) is 50.5 Å². The molecular formula is C18H20FN3OS. The maximum absolute atomic E-state index is 13.9. The van der Waals surface area contributed by atoms with Gasteiger partial charge in [-0.3, -0.25) is 4.79 Å². The lowest BCUT2D eigenvalue weighted by molar-refractivity contribution is -0.121. The zero-order valence-electron chi connectivity index (χ0n) is 14.0. The molecule has 2 aromatic heterocycles. The summed E-state index contributed by atoms with van der Waals surface area (Å²) in [4.78, 5) is 20.7. The molecule has 24 heavy (non-hydrogen) atoms. The summed E-state index contributed by atoms with van der Waals surface area (Å²) in [5.41, 5.74) is 6.49. The number of carbonyl (C=O) groups is 1. The Bertz CT molecular complexity index is 897. The molecule has 0 bridgehead atoms. The number of H-pyrrole nitrogens is 1. The van der Waals surface area contributed by atoms with Crippen LogP contribution in [0.25, 0.3) is 10.9 Å². The number of hydrogen-bond donors (Lipinski definition) is 2. The number of amides is 1. The molecule has 6 heteroatoms. The van der Waals surface area contributed by atoms with Crippen molar-refractivity contribution in [1.82, 2.24) is 15.3 Å². The molecule has 0 saturated heterocycles. The number of nitrogens with one attached hydrogen (secondary N) is 2. The van der Waals surface area contributed by atoms with Crippen LogP contribution in [0.15, 0.2) is 17.6 Å². The van der Waals surface area contributed by atoms with Crippen LogP contribution >= 0.6 is 11.3 Å². The Hall–Kier alpha value is -2.21. The maximum Gasteiger partial charge on any atom is 0.220 e. The molecule has 1 aromatic carbocycles. The molecule has 0 aliphatic rings. The molecule has 4 nitrogen and oxygen atoms in total. The number of rotatable bonds is 5.